The Morgan fingerprint density at radius 2 is 2.19 bits per heavy atom. The predicted molar refractivity (Wildman–Crippen MR) is 94.2 cm³/mol. The van der Waals surface area contributed by atoms with Crippen molar-refractivity contribution in [3.05, 3.63) is 36.4 Å². The van der Waals surface area contributed by atoms with E-state index < -0.39 is 13.9 Å². The number of imidazole rings is 1. The monoisotopic (exact) mass is 379 g/mol. The van der Waals surface area contributed by atoms with E-state index in [4.69, 9.17) is 20.3 Å². The normalized spacial score (nSPS) is 11.8. The zero-order valence-corrected chi connectivity index (χ0v) is 14.6. The topological polar surface area (TPSA) is 161 Å². The highest BCUT2D eigenvalue weighted by Crippen LogP contribution is 2.33. The van der Waals surface area contributed by atoms with E-state index in [1.54, 1.807) is 23.3 Å². The molecule has 0 saturated carbocycles. The van der Waals surface area contributed by atoms with Crippen molar-refractivity contribution >= 4 is 30.5 Å². The number of ether oxygens (including phenoxy) is 1. The minimum atomic E-state index is -4.18. The Morgan fingerprint density at radius 3 is 2.92 bits per heavy atom. The largest absolute Gasteiger partial charge is 0.368 e. The van der Waals surface area contributed by atoms with Gasteiger partial charge < -0.3 is 30.1 Å². The number of anilines is 2. The quantitative estimate of drug-likeness (QED) is 0.321. The third kappa shape index (κ3) is 4.73. The highest BCUT2D eigenvalue weighted by atomic mass is 31.2. The van der Waals surface area contributed by atoms with Gasteiger partial charge in [0.25, 0.3) is 0 Å². The van der Waals surface area contributed by atoms with Crippen molar-refractivity contribution in [2.45, 2.75) is 13.1 Å². The summed E-state index contributed by atoms with van der Waals surface area (Å²) in [5.41, 5.74) is 7.80. The molecule has 0 fully saturated rings. The molecule has 0 saturated heterocycles. The van der Waals surface area contributed by atoms with E-state index in [9.17, 15) is 4.57 Å². The van der Waals surface area contributed by atoms with E-state index in [0.29, 0.717) is 30.1 Å². The molecule has 5 N–H and O–H groups in total. The molecule has 26 heavy (non-hydrogen) atoms. The van der Waals surface area contributed by atoms with Crippen LogP contribution in [0.1, 0.15) is 5.56 Å². The molecule has 0 aliphatic rings. The predicted octanol–water partition coefficient (Wildman–Crippen LogP) is 0.567. The van der Waals surface area contributed by atoms with Gasteiger partial charge >= 0.3 is 7.60 Å². The summed E-state index contributed by atoms with van der Waals surface area (Å²) in [6, 6.07) is 3.77. The van der Waals surface area contributed by atoms with E-state index in [-0.39, 0.29) is 12.6 Å². The Labute approximate surface area is 148 Å². The molecule has 3 heterocycles. The van der Waals surface area contributed by atoms with Crippen LogP contribution < -0.4 is 11.1 Å². The summed E-state index contributed by atoms with van der Waals surface area (Å²) in [6.07, 6.45) is 4.36. The average molecular weight is 379 g/mol. The molecule has 3 rings (SSSR count). The average Bonchev–Trinajstić information content (AvgIpc) is 2.99. The van der Waals surface area contributed by atoms with Gasteiger partial charge in [-0.2, -0.15) is 9.97 Å². The first-order chi connectivity index (χ1) is 12.4. The fourth-order valence-electron chi connectivity index (χ4n) is 2.28. The molecule has 3 aromatic rings. The second-order valence-corrected chi connectivity index (χ2v) is 7.05. The molecule has 12 heteroatoms. The molecule has 0 unspecified atom stereocenters. The lowest BCUT2D eigenvalue weighted by Gasteiger charge is -2.09. The van der Waals surface area contributed by atoms with Crippen molar-refractivity contribution < 1.29 is 19.1 Å². The smallest absolute Gasteiger partial charge is 0.350 e. The molecule has 0 spiro atoms. The van der Waals surface area contributed by atoms with E-state index >= 15 is 0 Å². The van der Waals surface area contributed by atoms with E-state index in [1.165, 1.54) is 0 Å². The summed E-state index contributed by atoms with van der Waals surface area (Å²) in [5.74, 6) is 0.579. The summed E-state index contributed by atoms with van der Waals surface area (Å²) in [6.45, 7) is 0.908. The standard InChI is InChI=1S/C14H18N7O4P/c15-14-19-12(17-7-10-2-1-3-16-6-10)11-13(20-14)21(8-18-11)4-5-25-9-26(22,23)24/h1-3,6,8H,4-5,7,9H2,(H2,22,23,24)(H3,15,17,19,20). The third-order valence-electron chi connectivity index (χ3n) is 3.40. The molecule has 11 nitrogen and oxygen atoms in total. The van der Waals surface area contributed by atoms with Gasteiger partial charge in [0.05, 0.1) is 12.9 Å². The number of fused-ring (bicyclic) bond motifs is 1. The summed E-state index contributed by atoms with van der Waals surface area (Å²) in [7, 11) is -4.18. The molecule has 3 aromatic heterocycles. The number of pyridine rings is 1. The van der Waals surface area contributed by atoms with Crippen LogP contribution in [0.4, 0.5) is 11.8 Å². The van der Waals surface area contributed by atoms with E-state index in [2.05, 4.69) is 25.3 Å². The Bertz CT molecular complexity index is 928. The number of aromatic nitrogens is 5. The fourth-order valence-corrected chi connectivity index (χ4v) is 2.65. The number of hydrogen-bond donors (Lipinski definition) is 4. The molecule has 0 bridgehead atoms. The van der Waals surface area contributed by atoms with E-state index in [1.807, 2.05) is 12.1 Å². The molecule has 0 aliphatic heterocycles. The fraction of sp³-hybridized carbons (Fsp3) is 0.286. The Morgan fingerprint density at radius 1 is 1.35 bits per heavy atom. The van der Waals surface area contributed by atoms with Crippen LogP contribution in [0.5, 0.6) is 0 Å². The van der Waals surface area contributed by atoms with Crippen LogP contribution in [0.2, 0.25) is 0 Å². The maximum atomic E-state index is 10.8. The number of nitrogens with zero attached hydrogens (tertiary/aromatic N) is 5. The van der Waals surface area contributed by atoms with Crippen LogP contribution in [0, 0.1) is 0 Å². The highest BCUT2D eigenvalue weighted by Gasteiger charge is 2.14. The van der Waals surface area contributed by atoms with Gasteiger partial charge in [-0.15, -0.1) is 0 Å². The first kappa shape index (κ1) is 18.2. The van der Waals surface area contributed by atoms with Crippen LogP contribution in [0.25, 0.3) is 11.2 Å². The molecule has 0 atom stereocenters. The summed E-state index contributed by atoms with van der Waals surface area (Å²) >= 11 is 0. The zero-order valence-electron chi connectivity index (χ0n) is 13.7. The second-order valence-electron chi connectivity index (χ2n) is 5.46. The summed E-state index contributed by atoms with van der Waals surface area (Å²) < 4.78 is 17.4. The molecular formula is C14H18N7O4P. The molecule has 138 valence electrons. The van der Waals surface area contributed by atoms with Crippen LogP contribution in [0.15, 0.2) is 30.9 Å². The molecule has 0 aromatic carbocycles. The SMILES string of the molecule is Nc1nc(NCc2cccnc2)c2ncn(CCOCP(=O)(O)O)c2n1. The summed E-state index contributed by atoms with van der Waals surface area (Å²) in [5, 5.41) is 3.16. The van der Waals surface area contributed by atoms with Crippen LogP contribution in [-0.2, 0) is 22.4 Å². The van der Waals surface area contributed by atoms with Crippen molar-refractivity contribution in [3.63, 3.8) is 0 Å². The highest BCUT2D eigenvalue weighted by molar-refractivity contribution is 7.51. The van der Waals surface area contributed by atoms with Crippen molar-refractivity contribution in [1.82, 2.24) is 24.5 Å². The van der Waals surface area contributed by atoms with Gasteiger partial charge in [0.2, 0.25) is 5.95 Å². The Kier molecular flexibility index (Phi) is 5.43. The number of nitrogen functional groups attached to an aromatic ring is 1. The molecular weight excluding hydrogens is 361 g/mol. The zero-order chi connectivity index (χ0) is 18.6. The lowest BCUT2D eigenvalue weighted by Crippen LogP contribution is -2.09. The van der Waals surface area contributed by atoms with Gasteiger partial charge in [0.15, 0.2) is 17.0 Å². The number of rotatable bonds is 8. The van der Waals surface area contributed by atoms with Gasteiger partial charge in [-0.05, 0) is 11.6 Å². The lowest BCUT2D eigenvalue weighted by molar-refractivity contribution is 0.149. The van der Waals surface area contributed by atoms with Gasteiger partial charge in [-0.1, -0.05) is 6.07 Å². The van der Waals surface area contributed by atoms with Crippen LogP contribution in [-0.4, -0.2) is 47.2 Å². The van der Waals surface area contributed by atoms with Crippen molar-refractivity contribution in [2.24, 2.45) is 0 Å². The van der Waals surface area contributed by atoms with Crippen molar-refractivity contribution in [1.29, 1.82) is 0 Å². The Hall–Kier alpha value is -2.59. The minimum absolute atomic E-state index is 0.0871. The first-order valence-electron chi connectivity index (χ1n) is 7.66. The lowest BCUT2D eigenvalue weighted by atomic mass is 10.3. The maximum absolute atomic E-state index is 10.8. The van der Waals surface area contributed by atoms with Crippen LogP contribution >= 0.6 is 7.60 Å². The molecule has 0 radical (unpaired) electrons. The summed E-state index contributed by atoms with van der Waals surface area (Å²) in [4.78, 5) is 34.3. The van der Waals surface area contributed by atoms with Gasteiger partial charge in [0, 0.05) is 25.5 Å². The number of hydrogen-bond acceptors (Lipinski definition) is 8. The maximum Gasteiger partial charge on any atom is 0.350 e. The molecule has 0 amide bonds. The van der Waals surface area contributed by atoms with Crippen LogP contribution in [0.3, 0.4) is 0 Å². The van der Waals surface area contributed by atoms with Gasteiger partial charge in [0.1, 0.15) is 6.35 Å². The van der Waals surface area contributed by atoms with E-state index in [0.717, 1.165) is 5.56 Å². The number of nitrogens with two attached hydrogens (primary N) is 1. The van der Waals surface area contributed by atoms with Crippen molar-refractivity contribution in [2.75, 3.05) is 24.0 Å². The van der Waals surface area contributed by atoms with Crippen molar-refractivity contribution in [3.8, 4) is 0 Å². The third-order valence-corrected chi connectivity index (χ3v) is 3.92. The van der Waals surface area contributed by atoms with Gasteiger partial charge in [-0.25, -0.2) is 4.98 Å². The number of nitrogens with one attached hydrogen (secondary N) is 1. The van der Waals surface area contributed by atoms with Gasteiger partial charge in [-0.3, -0.25) is 9.55 Å². The second kappa shape index (κ2) is 7.75. The Balaban J connectivity index is 1.72. The first-order valence-corrected chi connectivity index (χ1v) is 9.45. The molecule has 0 aliphatic carbocycles. The minimum Gasteiger partial charge on any atom is -0.368 e.